The number of fused-ring (bicyclic) bond motifs is 3. The van der Waals surface area contributed by atoms with Crippen molar-refractivity contribution in [3.63, 3.8) is 0 Å². The molecule has 2 bridgehead atoms. The van der Waals surface area contributed by atoms with Crippen LogP contribution in [-0.2, 0) is 22.6 Å². The van der Waals surface area contributed by atoms with Crippen molar-refractivity contribution in [1.29, 1.82) is 0 Å². The highest BCUT2D eigenvalue weighted by molar-refractivity contribution is 5.98. The number of nitrogens with zero attached hydrogens (tertiary/aromatic N) is 4. The molecule has 1 aromatic carbocycles. The molecule has 5 atom stereocenters. The van der Waals surface area contributed by atoms with Gasteiger partial charge in [0, 0.05) is 37.0 Å². The summed E-state index contributed by atoms with van der Waals surface area (Å²) in [6, 6.07) is 6.68. The van der Waals surface area contributed by atoms with Crippen molar-refractivity contribution in [3.8, 4) is 11.5 Å². The smallest absolute Gasteiger partial charge is 0.348 e. The Hall–Kier alpha value is -4.11. The Labute approximate surface area is 278 Å². The van der Waals surface area contributed by atoms with Crippen LogP contribution in [0.2, 0.25) is 0 Å². The molecule has 0 radical (unpaired) electrons. The number of imidazole rings is 1. The monoisotopic (exact) mass is 687 g/mol. The van der Waals surface area contributed by atoms with Crippen LogP contribution in [-0.4, -0.2) is 69.2 Å². The van der Waals surface area contributed by atoms with Crippen LogP contribution in [0.4, 0.5) is 22.0 Å². The van der Waals surface area contributed by atoms with Gasteiger partial charge in [0.25, 0.3) is 5.91 Å². The van der Waals surface area contributed by atoms with Crippen LogP contribution < -0.4 is 16.0 Å². The maximum absolute atomic E-state index is 15.6. The summed E-state index contributed by atoms with van der Waals surface area (Å²) in [7, 11) is 0. The van der Waals surface area contributed by atoms with Gasteiger partial charge in [0.15, 0.2) is 5.82 Å². The van der Waals surface area contributed by atoms with E-state index in [1.165, 1.54) is 10.6 Å². The summed E-state index contributed by atoms with van der Waals surface area (Å²) in [5.41, 5.74) is 1.82. The summed E-state index contributed by atoms with van der Waals surface area (Å²) in [4.78, 5) is 35.7. The van der Waals surface area contributed by atoms with Gasteiger partial charge in [-0.25, -0.2) is 18.7 Å². The number of piperidine rings is 1. The molecule has 2 amide bonds. The highest BCUT2D eigenvalue weighted by Gasteiger charge is 2.42. The number of halogens is 5. The number of hydrogen-bond acceptors (Lipinski definition) is 6. The SMILES string of the molecule is C[C@H]1NC(=O)[C@@H]2C[C@H]2CCCCCn2c(-c3nc4cc(C(=O)N[C@H]5CNCC[C@@H]5F)c(F)cc4n3CCOC(F)(F)F)cc3ccc1nc32. The molecular formula is C34H38F5N7O3. The average molecular weight is 688 g/mol. The van der Waals surface area contributed by atoms with Crippen molar-refractivity contribution in [2.45, 2.75) is 83.2 Å². The van der Waals surface area contributed by atoms with Crippen LogP contribution in [0.5, 0.6) is 0 Å². The Bertz CT molecular complexity index is 1890. The molecule has 2 fully saturated rings. The van der Waals surface area contributed by atoms with Gasteiger partial charge in [0.1, 0.15) is 17.6 Å². The molecular weight excluding hydrogens is 649 g/mol. The molecule has 1 aliphatic carbocycles. The molecule has 10 nitrogen and oxygen atoms in total. The second kappa shape index (κ2) is 13.3. The summed E-state index contributed by atoms with van der Waals surface area (Å²) in [6.45, 7) is 2.00. The van der Waals surface area contributed by atoms with Gasteiger partial charge in [0.05, 0.1) is 46.7 Å². The number of aromatic nitrogens is 4. The fourth-order valence-corrected chi connectivity index (χ4v) is 7.14. The van der Waals surface area contributed by atoms with Gasteiger partial charge in [-0.1, -0.05) is 12.8 Å². The van der Waals surface area contributed by atoms with Gasteiger partial charge in [-0.15, -0.1) is 13.2 Å². The van der Waals surface area contributed by atoms with Crippen molar-refractivity contribution >= 4 is 33.9 Å². The predicted molar refractivity (Wildman–Crippen MR) is 171 cm³/mol. The molecule has 49 heavy (non-hydrogen) atoms. The van der Waals surface area contributed by atoms with Gasteiger partial charge < -0.3 is 25.1 Å². The van der Waals surface area contributed by atoms with Crippen molar-refractivity contribution in [3.05, 3.63) is 47.4 Å². The van der Waals surface area contributed by atoms with Crippen LogP contribution in [0.1, 0.15) is 67.5 Å². The number of aryl methyl sites for hydroxylation is 1. The summed E-state index contributed by atoms with van der Waals surface area (Å²) < 4.78 is 76.7. The van der Waals surface area contributed by atoms with E-state index in [0.29, 0.717) is 36.0 Å². The molecule has 0 spiro atoms. The minimum absolute atomic E-state index is 0.0301. The van der Waals surface area contributed by atoms with Crippen molar-refractivity contribution in [2.75, 3.05) is 19.7 Å². The molecule has 4 aromatic rings. The summed E-state index contributed by atoms with van der Waals surface area (Å²) in [5.74, 6) is -1.03. The number of pyridine rings is 1. The molecule has 3 N–H and O–H groups in total. The average Bonchev–Trinajstić information content (AvgIpc) is 3.63. The van der Waals surface area contributed by atoms with Crippen LogP contribution in [0.25, 0.3) is 33.6 Å². The molecule has 2 aliphatic heterocycles. The van der Waals surface area contributed by atoms with E-state index in [1.54, 1.807) is 0 Å². The Morgan fingerprint density at radius 2 is 1.96 bits per heavy atom. The molecule has 7 rings (SSSR count). The third-order valence-corrected chi connectivity index (χ3v) is 9.89. The van der Waals surface area contributed by atoms with Gasteiger partial charge >= 0.3 is 6.36 Å². The lowest BCUT2D eigenvalue weighted by Crippen LogP contribution is -2.52. The summed E-state index contributed by atoms with van der Waals surface area (Å²) in [6.07, 6.45) is -1.47. The van der Waals surface area contributed by atoms with E-state index >= 15 is 4.39 Å². The van der Waals surface area contributed by atoms with Crippen molar-refractivity contribution < 1.29 is 36.3 Å². The molecule has 15 heteroatoms. The predicted octanol–water partition coefficient (Wildman–Crippen LogP) is 5.55. The highest BCUT2D eigenvalue weighted by atomic mass is 19.4. The van der Waals surface area contributed by atoms with E-state index in [2.05, 4.69) is 20.7 Å². The van der Waals surface area contributed by atoms with Crippen LogP contribution >= 0.6 is 0 Å². The number of hydrogen-bond donors (Lipinski definition) is 3. The first-order valence-corrected chi connectivity index (χ1v) is 16.8. The normalized spacial score (nSPS) is 24.9. The second-order valence-electron chi connectivity index (χ2n) is 13.3. The standard InChI is InChI=1S/C34H38F5N7O3/c1-18-25-7-6-20-14-29(45(30(20)42-25)10-4-2-3-5-19-13-21(19)32(47)41-18)31-43-26-15-22(33(48)44-27-17-40-9-8-23(27)35)24(36)16-28(26)46(31)11-12-49-34(37,38)39/h6-7,14-16,18-19,21,23,27,40H,2-5,8-13,17H2,1H3,(H,41,47)(H,44,48)/t18-,19-,21-,23+,27+/m1/s1. The first kappa shape index (κ1) is 33.4. The number of amides is 2. The fraction of sp³-hybridized carbons (Fsp3) is 0.529. The third kappa shape index (κ3) is 7.00. The number of alkyl halides is 4. The number of rotatable bonds is 6. The fourth-order valence-electron chi connectivity index (χ4n) is 7.14. The van der Waals surface area contributed by atoms with Gasteiger partial charge in [-0.05, 0) is 69.3 Å². The minimum Gasteiger partial charge on any atom is -0.348 e. The zero-order valence-electron chi connectivity index (χ0n) is 27.0. The lowest BCUT2D eigenvalue weighted by molar-refractivity contribution is -0.325. The molecule has 1 saturated carbocycles. The van der Waals surface area contributed by atoms with Crippen molar-refractivity contribution in [2.24, 2.45) is 11.8 Å². The lowest BCUT2D eigenvalue weighted by atomic mass is 10.0. The maximum Gasteiger partial charge on any atom is 0.522 e. The van der Waals surface area contributed by atoms with E-state index in [-0.39, 0.29) is 59.8 Å². The summed E-state index contributed by atoms with van der Waals surface area (Å²) >= 11 is 0. The Morgan fingerprint density at radius 3 is 2.76 bits per heavy atom. The molecule has 3 aromatic heterocycles. The first-order valence-electron chi connectivity index (χ1n) is 16.8. The summed E-state index contributed by atoms with van der Waals surface area (Å²) in [5, 5.41) is 9.41. The van der Waals surface area contributed by atoms with E-state index in [9.17, 15) is 27.2 Å². The van der Waals surface area contributed by atoms with Crippen molar-refractivity contribution in [1.82, 2.24) is 35.1 Å². The number of carbonyl (C=O) groups excluding carboxylic acids is 2. The van der Waals surface area contributed by atoms with E-state index in [4.69, 9.17) is 9.97 Å². The lowest BCUT2D eigenvalue weighted by Gasteiger charge is -2.27. The van der Waals surface area contributed by atoms with E-state index in [1.807, 2.05) is 29.7 Å². The second-order valence-corrected chi connectivity index (χ2v) is 13.3. The van der Waals surface area contributed by atoms with Crippen LogP contribution in [0.3, 0.4) is 0 Å². The number of nitrogens with one attached hydrogen (secondary N) is 3. The zero-order chi connectivity index (χ0) is 34.4. The number of ether oxygens (including phenoxy) is 1. The topological polar surface area (TPSA) is 115 Å². The van der Waals surface area contributed by atoms with Crippen LogP contribution in [0, 0.1) is 17.7 Å². The Morgan fingerprint density at radius 1 is 1.12 bits per heavy atom. The highest BCUT2D eigenvalue weighted by Crippen LogP contribution is 2.43. The molecule has 3 aliphatic rings. The first-order chi connectivity index (χ1) is 23.5. The Balaban J connectivity index is 1.30. The van der Waals surface area contributed by atoms with Gasteiger partial charge in [-0.3, -0.25) is 14.3 Å². The molecule has 0 unspecified atom stereocenters. The minimum atomic E-state index is -4.88. The van der Waals surface area contributed by atoms with E-state index in [0.717, 1.165) is 43.6 Å². The quantitative estimate of drug-likeness (QED) is 0.229. The van der Waals surface area contributed by atoms with Gasteiger partial charge in [0.2, 0.25) is 5.91 Å². The third-order valence-electron chi connectivity index (χ3n) is 9.89. The molecule has 5 heterocycles. The largest absolute Gasteiger partial charge is 0.522 e. The van der Waals surface area contributed by atoms with E-state index < -0.39 is 36.9 Å². The molecule has 262 valence electrons. The number of benzene rings is 1. The molecule has 1 saturated heterocycles. The zero-order valence-corrected chi connectivity index (χ0v) is 27.0. The van der Waals surface area contributed by atoms with Gasteiger partial charge in [-0.2, -0.15) is 0 Å². The number of carbonyl (C=O) groups is 2. The maximum atomic E-state index is 15.6. The van der Waals surface area contributed by atoms with Crippen LogP contribution in [0.15, 0.2) is 30.3 Å². The Kier molecular flexibility index (Phi) is 9.07.